The van der Waals surface area contributed by atoms with Crippen LogP contribution in [-0.4, -0.2) is 27.0 Å². The summed E-state index contributed by atoms with van der Waals surface area (Å²) in [6.45, 7) is 6.80. The van der Waals surface area contributed by atoms with E-state index in [0.717, 1.165) is 33.7 Å². The van der Waals surface area contributed by atoms with Crippen molar-refractivity contribution < 1.29 is 4.79 Å². The summed E-state index contributed by atoms with van der Waals surface area (Å²) in [6, 6.07) is 8.42. The van der Waals surface area contributed by atoms with Crippen LogP contribution in [0, 0.1) is 6.92 Å². The number of carbonyl (C=O) groups excluding carboxylic acids is 1. The third-order valence-electron chi connectivity index (χ3n) is 4.62. The van der Waals surface area contributed by atoms with Crippen LogP contribution in [0.25, 0.3) is 21.6 Å². The monoisotopic (exact) mass is 410 g/mol. The number of carbonyl (C=O) groups is 1. The van der Waals surface area contributed by atoms with E-state index in [2.05, 4.69) is 52.4 Å². The van der Waals surface area contributed by atoms with E-state index in [0.29, 0.717) is 17.5 Å². The number of aryl methyl sites for hydroxylation is 1. The normalized spacial score (nSPS) is 11.4. The van der Waals surface area contributed by atoms with Gasteiger partial charge in [-0.15, -0.1) is 22.7 Å². The molecule has 0 bridgehead atoms. The van der Waals surface area contributed by atoms with E-state index in [1.54, 1.807) is 11.3 Å². The second kappa shape index (κ2) is 7.85. The maximum absolute atomic E-state index is 12.7. The quantitative estimate of drug-likeness (QED) is 0.482. The minimum atomic E-state index is -0.0523. The van der Waals surface area contributed by atoms with Gasteiger partial charge in [0, 0.05) is 40.8 Å². The first-order valence-electron chi connectivity index (χ1n) is 9.28. The first-order valence-corrected chi connectivity index (χ1v) is 11.0. The highest BCUT2D eigenvalue weighted by Gasteiger charge is 2.20. The van der Waals surface area contributed by atoms with Gasteiger partial charge in [-0.05, 0) is 50.8 Å². The predicted molar refractivity (Wildman–Crippen MR) is 116 cm³/mol. The van der Waals surface area contributed by atoms with Gasteiger partial charge in [0.05, 0.1) is 5.69 Å². The van der Waals surface area contributed by atoms with E-state index in [9.17, 15) is 4.79 Å². The summed E-state index contributed by atoms with van der Waals surface area (Å²) >= 11 is 3.16. The van der Waals surface area contributed by atoms with Crippen LogP contribution in [0.1, 0.15) is 40.1 Å². The molecule has 0 saturated heterocycles. The fourth-order valence-corrected chi connectivity index (χ4v) is 4.92. The van der Waals surface area contributed by atoms with Gasteiger partial charge in [-0.25, -0.2) is 9.97 Å². The Labute approximate surface area is 172 Å². The molecule has 1 N–H and O–H groups in total. The third kappa shape index (κ3) is 3.59. The summed E-state index contributed by atoms with van der Waals surface area (Å²) in [5.41, 5.74) is 2.74. The average molecular weight is 411 g/mol. The zero-order chi connectivity index (χ0) is 19.7. The number of fused-ring (bicyclic) bond motifs is 1. The maximum atomic E-state index is 12.7. The molecule has 144 valence electrons. The maximum Gasteiger partial charge on any atom is 0.263 e. The van der Waals surface area contributed by atoms with E-state index >= 15 is 0 Å². The van der Waals surface area contributed by atoms with Crippen LogP contribution < -0.4 is 5.32 Å². The van der Waals surface area contributed by atoms with Gasteiger partial charge < -0.3 is 9.88 Å². The van der Waals surface area contributed by atoms with Crippen LogP contribution >= 0.6 is 22.7 Å². The molecule has 0 aliphatic rings. The summed E-state index contributed by atoms with van der Waals surface area (Å²) in [5.74, 6) is -0.0523. The molecule has 7 heteroatoms. The van der Waals surface area contributed by atoms with Crippen molar-refractivity contribution in [1.29, 1.82) is 0 Å². The molecular formula is C21H22N4OS2. The van der Waals surface area contributed by atoms with Gasteiger partial charge in [0.2, 0.25) is 0 Å². The minimum absolute atomic E-state index is 0.0523. The van der Waals surface area contributed by atoms with Crippen LogP contribution in [0.5, 0.6) is 0 Å². The molecule has 4 aromatic heterocycles. The standard InChI is InChI=1S/C21H22N4OS2/c1-13(2)25-12-17(16-7-4-9-22-19(16)25)21-24-14(3)18(28-21)20(26)23-10-8-15-6-5-11-27-15/h4-7,9,11-13H,8,10H2,1-3H3,(H,23,26). The van der Waals surface area contributed by atoms with E-state index < -0.39 is 0 Å². The van der Waals surface area contributed by atoms with E-state index in [-0.39, 0.29) is 5.91 Å². The van der Waals surface area contributed by atoms with Gasteiger partial charge >= 0.3 is 0 Å². The molecule has 1 amide bonds. The lowest BCUT2D eigenvalue weighted by Gasteiger charge is -2.07. The van der Waals surface area contributed by atoms with Crippen LogP contribution in [-0.2, 0) is 6.42 Å². The SMILES string of the molecule is Cc1nc(-c2cn(C(C)C)c3ncccc23)sc1C(=O)NCCc1cccs1. The number of hydrogen-bond donors (Lipinski definition) is 1. The number of amides is 1. The lowest BCUT2D eigenvalue weighted by Crippen LogP contribution is -2.25. The second-order valence-electron chi connectivity index (χ2n) is 6.94. The molecule has 0 aliphatic carbocycles. The Morgan fingerprint density at radius 3 is 2.89 bits per heavy atom. The largest absolute Gasteiger partial charge is 0.351 e. The number of aromatic nitrogens is 3. The van der Waals surface area contributed by atoms with Gasteiger partial charge in [-0.3, -0.25) is 4.79 Å². The van der Waals surface area contributed by atoms with Crippen LogP contribution in [0.4, 0.5) is 0 Å². The van der Waals surface area contributed by atoms with Crippen molar-refractivity contribution in [2.45, 2.75) is 33.2 Å². The van der Waals surface area contributed by atoms with Gasteiger partial charge in [-0.2, -0.15) is 0 Å². The zero-order valence-electron chi connectivity index (χ0n) is 16.1. The number of hydrogen-bond acceptors (Lipinski definition) is 5. The van der Waals surface area contributed by atoms with Crippen molar-refractivity contribution in [2.75, 3.05) is 6.54 Å². The number of thiazole rings is 1. The molecule has 28 heavy (non-hydrogen) atoms. The summed E-state index contributed by atoms with van der Waals surface area (Å²) in [6.07, 6.45) is 4.76. The van der Waals surface area contributed by atoms with E-state index in [1.165, 1.54) is 16.2 Å². The molecule has 0 saturated carbocycles. The molecule has 0 atom stereocenters. The molecule has 4 aromatic rings. The fourth-order valence-electron chi connectivity index (χ4n) is 3.20. The third-order valence-corrected chi connectivity index (χ3v) is 6.74. The van der Waals surface area contributed by atoms with Gasteiger partial charge in [0.25, 0.3) is 5.91 Å². The van der Waals surface area contributed by atoms with E-state index in [1.807, 2.05) is 25.3 Å². The van der Waals surface area contributed by atoms with Gasteiger partial charge in [0.15, 0.2) is 0 Å². The summed E-state index contributed by atoms with van der Waals surface area (Å²) < 4.78 is 2.15. The average Bonchev–Trinajstić information content (AvgIpc) is 3.39. The Balaban J connectivity index is 1.59. The molecule has 0 aliphatic heterocycles. The number of nitrogens with one attached hydrogen (secondary N) is 1. The summed E-state index contributed by atoms with van der Waals surface area (Å²) in [5, 5.41) is 7.00. The lowest BCUT2D eigenvalue weighted by molar-refractivity contribution is 0.0957. The highest BCUT2D eigenvalue weighted by atomic mass is 32.1. The lowest BCUT2D eigenvalue weighted by atomic mass is 10.2. The molecule has 0 spiro atoms. The smallest absolute Gasteiger partial charge is 0.263 e. The minimum Gasteiger partial charge on any atom is -0.351 e. The molecule has 4 heterocycles. The highest BCUT2D eigenvalue weighted by molar-refractivity contribution is 7.17. The molecule has 0 aromatic carbocycles. The molecular weight excluding hydrogens is 388 g/mol. The van der Waals surface area contributed by atoms with Crippen molar-refractivity contribution in [3.05, 3.63) is 57.5 Å². The number of pyridine rings is 1. The number of thiophene rings is 1. The Hall–Kier alpha value is -2.51. The predicted octanol–water partition coefficient (Wildman–Crippen LogP) is 5.08. The molecule has 0 fully saturated rings. The Morgan fingerprint density at radius 1 is 1.29 bits per heavy atom. The first kappa shape index (κ1) is 18.8. The first-order chi connectivity index (χ1) is 13.5. The van der Waals surface area contributed by atoms with Crippen molar-refractivity contribution in [3.8, 4) is 10.6 Å². The Kier molecular flexibility index (Phi) is 5.28. The fraction of sp³-hybridized carbons (Fsp3) is 0.286. The van der Waals surface area contributed by atoms with Crippen molar-refractivity contribution >= 4 is 39.6 Å². The molecule has 0 radical (unpaired) electrons. The highest BCUT2D eigenvalue weighted by Crippen LogP contribution is 2.35. The molecule has 5 nitrogen and oxygen atoms in total. The van der Waals surface area contributed by atoms with Crippen LogP contribution in [0.3, 0.4) is 0 Å². The number of nitrogens with zero attached hydrogens (tertiary/aromatic N) is 3. The van der Waals surface area contributed by atoms with Crippen molar-refractivity contribution in [2.24, 2.45) is 0 Å². The number of rotatable bonds is 6. The zero-order valence-corrected chi connectivity index (χ0v) is 17.7. The molecule has 4 rings (SSSR count). The van der Waals surface area contributed by atoms with Crippen LogP contribution in [0.2, 0.25) is 0 Å². The van der Waals surface area contributed by atoms with Crippen molar-refractivity contribution in [3.63, 3.8) is 0 Å². The van der Waals surface area contributed by atoms with Gasteiger partial charge in [-0.1, -0.05) is 6.07 Å². The van der Waals surface area contributed by atoms with E-state index in [4.69, 9.17) is 4.98 Å². The topological polar surface area (TPSA) is 59.8 Å². The Bertz CT molecular complexity index is 1110. The van der Waals surface area contributed by atoms with Gasteiger partial charge in [0.1, 0.15) is 15.5 Å². The molecule has 0 unspecified atom stereocenters. The van der Waals surface area contributed by atoms with Crippen LogP contribution in [0.15, 0.2) is 42.0 Å². The van der Waals surface area contributed by atoms with Crippen molar-refractivity contribution in [1.82, 2.24) is 19.9 Å². The summed E-state index contributed by atoms with van der Waals surface area (Å²) in [4.78, 5) is 23.9. The summed E-state index contributed by atoms with van der Waals surface area (Å²) in [7, 11) is 0. The second-order valence-corrected chi connectivity index (χ2v) is 8.97. The Morgan fingerprint density at radius 2 is 2.14 bits per heavy atom.